The van der Waals surface area contributed by atoms with Crippen LogP contribution < -0.4 is 10.0 Å². The maximum Gasteiger partial charge on any atom is 0.242 e. The molecule has 5 nitrogen and oxygen atoms in total. The lowest BCUT2D eigenvalue weighted by atomic mass is 10.1. The van der Waals surface area contributed by atoms with Crippen LogP contribution in [0.25, 0.3) is 0 Å². The van der Waals surface area contributed by atoms with Gasteiger partial charge in [-0.25, -0.2) is 13.1 Å². The van der Waals surface area contributed by atoms with Gasteiger partial charge in [0.25, 0.3) is 0 Å². The molecular weight excluding hydrogens is 274 g/mol. The van der Waals surface area contributed by atoms with Crippen molar-refractivity contribution in [3.8, 4) is 0 Å². The molecule has 112 valence electrons. The molecule has 0 bridgehead atoms. The number of rotatable bonds is 8. The molecule has 0 amide bonds. The minimum absolute atomic E-state index is 0.222. The van der Waals surface area contributed by atoms with Crippen LogP contribution >= 0.6 is 0 Å². The highest BCUT2D eigenvalue weighted by molar-refractivity contribution is 7.89. The van der Waals surface area contributed by atoms with Crippen LogP contribution in [-0.4, -0.2) is 26.0 Å². The fourth-order valence-corrected chi connectivity index (χ4v) is 3.56. The van der Waals surface area contributed by atoms with Crippen LogP contribution in [-0.2, 0) is 16.6 Å². The Balaban J connectivity index is 1.58. The summed E-state index contributed by atoms with van der Waals surface area (Å²) in [6.07, 6.45) is 7.35. The fourth-order valence-electron chi connectivity index (χ4n) is 2.38. The second kappa shape index (κ2) is 5.16. The van der Waals surface area contributed by atoms with Gasteiger partial charge in [-0.2, -0.15) is 0 Å². The number of H-pyrrole nitrogens is 1. The van der Waals surface area contributed by atoms with Gasteiger partial charge in [0.05, 0.1) is 4.90 Å². The molecule has 20 heavy (non-hydrogen) atoms. The van der Waals surface area contributed by atoms with E-state index in [-0.39, 0.29) is 5.41 Å². The van der Waals surface area contributed by atoms with Crippen molar-refractivity contribution in [3.63, 3.8) is 0 Å². The van der Waals surface area contributed by atoms with Crippen LogP contribution in [0, 0.1) is 5.41 Å². The van der Waals surface area contributed by atoms with E-state index >= 15 is 0 Å². The Morgan fingerprint density at radius 3 is 2.75 bits per heavy atom. The molecule has 0 atom stereocenters. The Morgan fingerprint density at radius 1 is 1.40 bits per heavy atom. The van der Waals surface area contributed by atoms with Gasteiger partial charge >= 0.3 is 0 Å². The smallest absolute Gasteiger partial charge is 0.242 e. The molecule has 2 fully saturated rings. The van der Waals surface area contributed by atoms with Crippen LogP contribution in [0.5, 0.6) is 0 Å². The van der Waals surface area contributed by atoms with Crippen LogP contribution in [0.3, 0.4) is 0 Å². The maximum absolute atomic E-state index is 12.2. The molecule has 2 aliphatic carbocycles. The Morgan fingerprint density at radius 2 is 2.15 bits per heavy atom. The van der Waals surface area contributed by atoms with E-state index in [2.05, 4.69) is 21.9 Å². The molecule has 0 aliphatic heterocycles. The summed E-state index contributed by atoms with van der Waals surface area (Å²) in [5, 5.41) is 3.37. The molecule has 1 heterocycles. The van der Waals surface area contributed by atoms with Crippen molar-refractivity contribution in [2.24, 2.45) is 5.41 Å². The first-order valence-electron chi connectivity index (χ1n) is 7.43. The highest BCUT2D eigenvalue weighted by atomic mass is 32.2. The summed E-state index contributed by atoms with van der Waals surface area (Å²) in [6.45, 7) is 3.39. The molecule has 2 aliphatic rings. The number of nitrogens with one attached hydrogen (secondary N) is 3. The van der Waals surface area contributed by atoms with Gasteiger partial charge in [0.15, 0.2) is 0 Å². The van der Waals surface area contributed by atoms with E-state index in [4.69, 9.17) is 0 Å². The predicted molar refractivity (Wildman–Crippen MR) is 77.8 cm³/mol. The average molecular weight is 297 g/mol. The summed E-state index contributed by atoms with van der Waals surface area (Å²) in [4.78, 5) is 3.38. The summed E-state index contributed by atoms with van der Waals surface area (Å²) in [5.74, 6) is 0. The van der Waals surface area contributed by atoms with Gasteiger partial charge in [0, 0.05) is 31.0 Å². The van der Waals surface area contributed by atoms with Crippen molar-refractivity contribution < 1.29 is 8.42 Å². The lowest BCUT2D eigenvalue weighted by molar-refractivity contribution is 0.475. The largest absolute Gasteiger partial charge is 0.363 e. The lowest BCUT2D eigenvalue weighted by Gasteiger charge is -2.12. The van der Waals surface area contributed by atoms with Crippen LogP contribution in [0.4, 0.5) is 0 Å². The van der Waals surface area contributed by atoms with E-state index in [0.29, 0.717) is 24.0 Å². The van der Waals surface area contributed by atoms with Crippen molar-refractivity contribution in [3.05, 3.63) is 18.0 Å². The molecule has 3 rings (SSSR count). The summed E-state index contributed by atoms with van der Waals surface area (Å²) in [7, 11) is -3.37. The van der Waals surface area contributed by atoms with Crippen LogP contribution in [0.2, 0.25) is 0 Å². The standard InChI is InChI=1S/C14H23N3O2S/c1-2-14(5-6-14)10-17-20(18,19)13-7-12(16-9-13)8-15-11-3-4-11/h7,9,11,15-17H,2-6,8,10H2,1H3. The Labute approximate surface area is 120 Å². The van der Waals surface area contributed by atoms with Crippen molar-refractivity contribution in [1.82, 2.24) is 15.0 Å². The van der Waals surface area contributed by atoms with Crippen molar-refractivity contribution in [1.29, 1.82) is 0 Å². The van der Waals surface area contributed by atoms with Gasteiger partial charge in [-0.05, 0) is 43.6 Å². The summed E-state index contributed by atoms with van der Waals surface area (Å²) in [5.41, 5.74) is 1.15. The number of hydrogen-bond acceptors (Lipinski definition) is 3. The summed E-state index contributed by atoms with van der Waals surface area (Å²) >= 11 is 0. The molecule has 0 radical (unpaired) electrons. The quantitative estimate of drug-likeness (QED) is 0.684. The molecule has 0 spiro atoms. The minimum Gasteiger partial charge on any atom is -0.363 e. The predicted octanol–water partition coefficient (Wildman–Crippen LogP) is 1.74. The van der Waals surface area contributed by atoms with E-state index < -0.39 is 10.0 Å². The zero-order valence-electron chi connectivity index (χ0n) is 11.9. The Hall–Kier alpha value is -0.850. The van der Waals surface area contributed by atoms with E-state index in [9.17, 15) is 8.42 Å². The summed E-state index contributed by atoms with van der Waals surface area (Å²) < 4.78 is 27.2. The molecule has 6 heteroatoms. The van der Waals surface area contributed by atoms with E-state index in [1.807, 2.05) is 0 Å². The van der Waals surface area contributed by atoms with Crippen LogP contribution in [0.15, 0.2) is 17.2 Å². The van der Waals surface area contributed by atoms with Gasteiger partial charge in [-0.3, -0.25) is 0 Å². The highest BCUT2D eigenvalue weighted by Gasteiger charge is 2.41. The topological polar surface area (TPSA) is 74.0 Å². The van der Waals surface area contributed by atoms with Gasteiger partial charge in [-0.1, -0.05) is 6.92 Å². The zero-order chi connectivity index (χ0) is 14.2. The molecule has 0 unspecified atom stereocenters. The van der Waals surface area contributed by atoms with Gasteiger partial charge in [0.2, 0.25) is 10.0 Å². The first-order chi connectivity index (χ1) is 9.53. The molecule has 3 N–H and O–H groups in total. The van der Waals surface area contributed by atoms with Gasteiger partial charge < -0.3 is 10.3 Å². The molecular formula is C14H23N3O2S. The third-order valence-corrected chi connectivity index (χ3v) is 5.91. The van der Waals surface area contributed by atoms with E-state index in [1.165, 1.54) is 12.8 Å². The van der Waals surface area contributed by atoms with Crippen molar-refractivity contribution >= 4 is 10.0 Å². The Bertz CT molecular complexity index is 571. The average Bonchev–Trinajstić information content (AvgIpc) is 3.35. The molecule has 1 aromatic heterocycles. The minimum atomic E-state index is -3.37. The second-order valence-electron chi connectivity index (χ2n) is 6.19. The molecule has 0 aromatic carbocycles. The highest BCUT2D eigenvalue weighted by Crippen LogP contribution is 2.48. The van der Waals surface area contributed by atoms with E-state index in [0.717, 1.165) is 25.0 Å². The van der Waals surface area contributed by atoms with Gasteiger partial charge in [-0.15, -0.1) is 0 Å². The SMILES string of the molecule is CCC1(CNS(=O)(=O)c2c[nH]c(CNC3CC3)c2)CC1. The fraction of sp³-hybridized carbons (Fsp3) is 0.714. The molecule has 1 aromatic rings. The first kappa shape index (κ1) is 14.1. The first-order valence-corrected chi connectivity index (χ1v) is 8.92. The number of sulfonamides is 1. The molecule has 2 saturated carbocycles. The van der Waals surface area contributed by atoms with Gasteiger partial charge in [0.1, 0.15) is 0 Å². The third kappa shape index (κ3) is 3.24. The van der Waals surface area contributed by atoms with E-state index in [1.54, 1.807) is 12.3 Å². The lowest BCUT2D eigenvalue weighted by Crippen LogP contribution is -2.29. The molecule has 0 saturated heterocycles. The number of aromatic amines is 1. The van der Waals surface area contributed by atoms with Crippen molar-refractivity contribution in [2.75, 3.05) is 6.54 Å². The Kier molecular flexibility index (Phi) is 3.64. The maximum atomic E-state index is 12.2. The second-order valence-corrected chi connectivity index (χ2v) is 7.96. The third-order valence-electron chi connectivity index (χ3n) is 4.53. The number of hydrogen-bond donors (Lipinski definition) is 3. The van der Waals surface area contributed by atoms with Crippen LogP contribution in [0.1, 0.15) is 44.7 Å². The zero-order valence-corrected chi connectivity index (χ0v) is 12.7. The van der Waals surface area contributed by atoms with Crippen molar-refractivity contribution in [2.45, 2.75) is 56.5 Å². The normalized spacial score (nSPS) is 21.1. The number of aromatic nitrogens is 1. The monoisotopic (exact) mass is 297 g/mol. The summed E-state index contributed by atoms with van der Waals surface area (Å²) in [6, 6.07) is 2.35.